The molecule has 0 atom stereocenters. The van der Waals surface area contributed by atoms with Crippen molar-refractivity contribution >= 4 is 29.9 Å². The number of guanidine groups is 1. The Morgan fingerprint density at radius 1 is 1.17 bits per heavy atom. The molecule has 1 aromatic rings. The van der Waals surface area contributed by atoms with E-state index in [1.54, 1.807) is 14.2 Å². The Morgan fingerprint density at radius 3 is 2.43 bits per heavy atom. The van der Waals surface area contributed by atoms with Crippen molar-refractivity contribution in [2.45, 2.75) is 39.8 Å². The molecule has 0 aromatic heterocycles. The van der Waals surface area contributed by atoms with Crippen LogP contribution in [-0.4, -0.2) is 38.9 Å². The van der Waals surface area contributed by atoms with Gasteiger partial charge in [0.1, 0.15) is 5.75 Å². The van der Waals surface area contributed by atoms with Crippen molar-refractivity contribution in [3.8, 4) is 5.75 Å². The quantitative estimate of drug-likeness (QED) is 0.393. The molecule has 0 heterocycles. The van der Waals surface area contributed by atoms with Gasteiger partial charge in [-0.3, -0.25) is 0 Å². The van der Waals surface area contributed by atoms with Gasteiger partial charge in [-0.1, -0.05) is 6.07 Å². The highest BCUT2D eigenvalue weighted by atomic mass is 127. The molecule has 0 aliphatic carbocycles. The van der Waals surface area contributed by atoms with Crippen LogP contribution in [-0.2, 0) is 11.3 Å². The largest absolute Gasteiger partial charge is 0.497 e. The van der Waals surface area contributed by atoms with Crippen LogP contribution in [0.25, 0.3) is 0 Å². The van der Waals surface area contributed by atoms with Crippen molar-refractivity contribution in [2.75, 3.05) is 27.3 Å². The first-order chi connectivity index (χ1) is 10.4. The molecule has 23 heavy (non-hydrogen) atoms. The number of halogens is 1. The third kappa shape index (κ3) is 8.41. The van der Waals surface area contributed by atoms with Crippen LogP contribution in [0.5, 0.6) is 5.75 Å². The highest BCUT2D eigenvalue weighted by molar-refractivity contribution is 14.0. The molecule has 5 nitrogen and oxygen atoms in total. The van der Waals surface area contributed by atoms with Gasteiger partial charge in [-0.15, -0.1) is 24.0 Å². The number of hydrogen-bond acceptors (Lipinski definition) is 3. The van der Waals surface area contributed by atoms with Crippen LogP contribution in [0.3, 0.4) is 0 Å². The van der Waals surface area contributed by atoms with Crippen LogP contribution < -0.4 is 15.4 Å². The van der Waals surface area contributed by atoms with Crippen LogP contribution in [0, 0.1) is 6.92 Å². The summed E-state index contributed by atoms with van der Waals surface area (Å²) in [6.07, 6.45) is 0. The molecular formula is C17H30IN3O2. The predicted molar refractivity (Wildman–Crippen MR) is 107 cm³/mol. The summed E-state index contributed by atoms with van der Waals surface area (Å²) in [5.41, 5.74) is 2.06. The van der Waals surface area contributed by atoms with E-state index in [1.807, 2.05) is 32.9 Å². The molecule has 0 spiro atoms. The Hall–Kier alpha value is -1.02. The SMILES string of the molecule is CCNC(=NCc1cc(C)cc(OC)c1)NCC(C)(C)OC.I. The highest BCUT2D eigenvalue weighted by Crippen LogP contribution is 2.17. The van der Waals surface area contributed by atoms with Gasteiger partial charge in [0.15, 0.2) is 5.96 Å². The minimum Gasteiger partial charge on any atom is -0.497 e. The second kappa shape index (κ2) is 10.7. The van der Waals surface area contributed by atoms with E-state index in [-0.39, 0.29) is 29.6 Å². The van der Waals surface area contributed by atoms with Gasteiger partial charge in [0.05, 0.1) is 19.3 Å². The fourth-order valence-corrected chi connectivity index (χ4v) is 1.91. The maximum absolute atomic E-state index is 5.41. The minimum atomic E-state index is -0.233. The molecule has 0 fully saturated rings. The molecule has 2 N–H and O–H groups in total. The Labute approximate surface area is 157 Å². The highest BCUT2D eigenvalue weighted by Gasteiger charge is 2.16. The first-order valence-corrected chi connectivity index (χ1v) is 7.62. The smallest absolute Gasteiger partial charge is 0.191 e. The third-order valence-corrected chi connectivity index (χ3v) is 3.34. The molecule has 1 rings (SSSR count). The normalized spacial score (nSPS) is 11.7. The fourth-order valence-electron chi connectivity index (χ4n) is 1.91. The molecular weight excluding hydrogens is 405 g/mol. The van der Waals surface area contributed by atoms with E-state index >= 15 is 0 Å². The lowest BCUT2D eigenvalue weighted by Gasteiger charge is -2.24. The van der Waals surface area contributed by atoms with Gasteiger partial charge in [0.25, 0.3) is 0 Å². The van der Waals surface area contributed by atoms with Crippen molar-refractivity contribution < 1.29 is 9.47 Å². The van der Waals surface area contributed by atoms with E-state index in [0.717, 1.165) is 23.8 Å². The summed E-state index contributed by atoms with van der Waals surface area (Å²) in [6.45, 7) is 10.3. The zero-order chi connectivity index (χ0) is 16.6. The van der Waals surface area contributed by atoms with Crippen LogP contribution in [0.15, 0.2) is 23.2 Å². The maximum Gasteiger partial charge on any atom is 0.191 e. The third-order valence-electron chi connectivity index (χ3n) is 3.34. The lowest BCUT2D eigenvalue weighted by Crippen LogP contribution is -2.45. The van der Waals surface area contributed by atoms with E-state index < -0.39 is 0 Å². The molecule has 0 unspecified atom stereocenters. The first kappa shape index (κ1) is 22.0. The summed E-state index contributed by atoms with van der Waals surface area (Å²) in [6, 6.07) is 6.14. The van der Waals surface area contributed by atoms with Gasteiger partial charge in [0, 0.05) is 20.2 Å². The average molecular weight is 435 g/mol. The molecule has 1 aromatic carbocycles. The van der Waals surface area contributed by atoms with Crippen LogP contribution in [0.4, 0.5) is 0 Å². The number of aliphatic imine (C=N–C) groups is 1. The van der Waals surface area contributed by atoms with Crippen molar-refractivity contribution in [2.24, 2.45) is 4.99 Å². The second-order valence-electron chi connectivity index (χ2n) is 5.87. The first-order valence-electron chi connectivity index (χ1n) is 7.62. The minimum absolute atomic E-state index is 0. The number of hydrogen-bond donors (Lipinski definition) is 2. The lowest BCUT2D eigenvalue weighted by molar-refractivity contribution is 0.0268. The van der Waals surface area contributed by atoms with Crippen molar-refractivity contribution in [1.82, 2.24) is 10.6 Å². The monoisotopic (exact) mass is 435 g/mol. The van der Waals surface area contributed by atoms with Gasteiger partial charge in [-0.2, -0.15) is 0 Å². The number of ether oxygens (including phenoxy) is 2. The van der Waals surface area contributed by atoms with E-state index in [9.17, 15) is 0 Å². The summed E-state index contributed by atoms with van der Waals surface area (Å²) in [5.74, 6) is 1.65. The van der Waals surface area contributed by atoms with E-state index in [1.165, 1.54) is 5.56 Å². The summed E-state index contributed by atoms with van der Waals surface area (Å²) < 4.78 is 10.7. The molecule has 0 aliphatic heterocycles. The Bertz CT molecular complexity index is 505. The maximum atomic E-state index is 5.41. The number of benzene rings is 1. The number of methoxy groups -OCH3 is 2. The molecule has 0 bridgehead atoms. The molecule has 6 heteroatoms. The van der Waals surface area contributed by atoms with Crippen molar-refractivity contribution in [3.05, 3.63) is 29.3 Å². The van der Waals surface area contributed by atoms with Gasteiger partial charge < -0.3 is 20.1 Å². The number of rotatable bonds is 7. The molecule has 0 saturated heterocycles. The van der Waals surface area contributed by atoms with Gasteiger partial charge >= 0.3 is 0 Å². The Morgan fingerprint density at radius 2 is 1.87 bits per heavy atom. The number of nitrogens with one attached hydrogen (secondary N) is 2. The predicted octanol–water partition coefficient (Wildman–Crippen LogP) is 3.10. The zero-order valence-corrected chi connectivity index (χ0v) is 17.4. The topological polar surface area (TPSA) is 54.9 Å². The van der Waals surface area contributed by atoms with E-state index in [4.69, 9.17) is 9.47 Å². The van der Waals surface area contributed by atoms with E-state index in [0.29, 0.717) is 13.1 Å². The van der Waals surface area contributed by atoms with Crippen LogP contribution >= 0.6 is 24.0 Å². The van der Waals surface area contributed by atoms with Gasteiger partial charge in [-0.25, -0.2) is 4.99 Å². The van der Waals surface area contributed by atoms with Gasteiger partial charge in [-0.05, 0) is 51.0 Å². The lowest BCUT2D eigenvalue weighted by atomic mass is 10.1. The average Bonchev–Trinajstić information content (AvgIpc) is 2.49. The van der Waals surface area contributed by atoms with E-state index in [2.05, 4.69) is 28.6 Å². The summed E-state index contributed by atoms with van der Waals surface area (Å²) >= 11 is 0. The molecule has 0 saturated carbocycles. The molecule has 0 amide bonds. The van der Waals surface area contributed by atoms with Crippen LogP contribution in [0.1, 0.15) is 31.9 Å². The number of nitrogens with zero attached hydrogens (tertiary/aromatic N) is 1. The number of aryl methyl sites for hydroxylation is 1. The summed E-state index contributed by atoms with van der Waals surface area (Å²) in [7, 11) is 3.39. The summed E-state index contributed by atoms with van der Waals surface area (Å²) in [4.78, 5) is 4.62. The molecule has 0 aliphatic rings. The zero-order valence-electron chi connectivity index (χ0n) is 15.0. The Kier molecular flexibility index (Phi) is 10.2. The summed E-state index contributed by atoms with van der Waals surface area (Å²) in [5, 5.41) is 6.55. The van der Waals surface area contributed by atoms with Crippen molar-refractivity contribution in [1.29, 1.82) is 0 Å². The standard InChI is InChI=1S/C17H29N3O2.HI/c1-7-18-16(20-12-17(3,4)22-6)19-11-14-8-13(2)9-15(10-14)21-5;/h8-10H,7,11-12H2,1-6H3,(H2,18,19,20);1H. The fraction of sp³-hybridized carbons (Fsp3) is 0.588. The van der Waals surface area contributed by atoms with Crippen molar-refractivity contribution in [3.63, 3.8) is 0 Å². The van der Waals surface area contributed by atoms with Gasteiger partial charge in [0.2, 0.25) is 0 Å². The molecule has 0 radical (unpaired) electrons. The molecule has 132 valence electrons. The second-order valence-corrected chi connectivity index (χ2v) is 5.87. The Balaban J connectivity index is 0.00000484. The van der Waals surface area contributed by atoms with Crippen LogP contribution in [0.2, 0.25) is 0 Å².